The fraction of sp³-hybridized carbons (Fsp3) is 0.120. The Bertz CT molecular complexity index is 1490. The van der Waals surface area contributed by atoms with E-state index in [2.05, 4.69) is 23.8 Å². The molecule has 3 aromatic heterocycles. The van der Waals surface area contributed by atoms with Crippen LogP contribution in [0.4, 0.5) is 0 Å². The van der Waals surface area contributed by atoms with Crippen LogP contribution in [0.5, 0.6) is 0 Å². The van der Waals surface area contributed by atoms with Gasteiger partial charge in [-0.05, 0) is 48.4 Å². The monoisotopic (exact) mass is 456 g/mol. The largest absolute Gasteiger partial charge is 0.366 e. The molecule has 0 spiro atoms. The molecule has 0 saturated carbocycles. The molecule has 0 atom stereocenters. The van der Waals surface area contributed by atoms with Crippen molar-refractivity contribution in [1.29, 1.82) is 0 Å². The summed E-state index contributed by atoms with van der Waals surface area (Å²) in [7, 11) is 0. The van der Waals surface area contributed by atoms with Crippen LogP contribution in [0.1, 0.15) is 35.8 Å². The van der Waals surface area contributed by atoms with E-state index in [9.17, 15) is 4.79 Å². The highest BCUT2D eigenvalue weighted by Crippen LogP contribution is 2.34. The van der Waals surface area contributed by atoms with Gasteiger partial charge in [0.25, 0.3) is 0 Å². The van der Waals surface area contributed by atoms with Crippen molar-refractivity contribution in [1.82, 2.24) is 24.3 Å². The highest BCUT2D eigenvalue weighted by atomic mass is 35.5. The minimum Gasteiger partial charge on any atom is -0.366 e. The van der Waals surface area contributed by atoms with E-state index in [1.54, 1.807) is 36.9 Å². The van der Waals surface area contributed by atoms with Crippen molar-refractivity contribution in [2.45, 2.75) is 19.8 Å². The van der Waals surface area contributed by atoms with Crippen molar-refractivity contribution in [2.24, 2.45) is 5.73 Å². The maximum Gasteiger partial charge on any atom is 0.248 e. The number of carbonyl (C=O) groups is 1. The number of fused-ring (bicyclic) bond motifs is 1. The number of hydrogen-bond acceptors (Lipinski definition) is 4. The van der Waals surface area contributed by atoms with Gasteiger partial charge in [0.1, 0.15) is 0 Å². The first-order valence-electron chi connectivity index (χ1n) is 10.5. The van der Waals surface area contributed by atoms with E-state index in [0.717, 1.165) is 33.5 Å². The average Bonchev–Trinajstić information content (AvgIpc) is 3.45. The molecule has 0 bridgehead atoms. The zero-order valence-electron chi connectivity index (χ0n) is 18.1. The summed E-state index contributed by atoms with van der Waals surface area (Å²) in [4.78, 5) is 20.3. The Balaban J connectivity index is 1.70. The number of aromatic nitrogens is 5. The highest BCUT2D eigenvalue weighted by molar-refractivity contribution is 6.32. The molecule has 1 amide bonds. The minimum atomic E-state index is -0.525. The maximum absolute atomic E-state index is 11.5. The second-order valence-corrected chi connectivity index (χ2v) is 8.47. The van der Waals surface area contributed by atoms with E-state index < -0.39 is 5.91 Å². The summed E-state index contributed by atoms with van der Waals surface area (Å²) in [5, 5.41) is 6.33. The number of nitrogens with zero attached hydrogens (tertiary/aromatic N) is 5. The van der Waals surface area contributed by atoms with Crippen LogP contribution in [0.2, 0.25) is 5.02 Å². The molecule has 2 aromatic carbocycles. The Morgan fingerprint density at radius 3 is 2.64 bits per heavy atom. The topological polar surface area (TPSA) is 91.6 Å². The van der Waals surface area contributed by atoms with Crippen LogP contribution in [0.3, 0.4) is 0 Å². The van der Waals surface area contributed by atoms with Crippen molar-refractivity contribution >= 4 is 28.4 Å². The lowest BCUT2D eigenvalue weighted by atomic mass is 10.0. The molecule has 3 heterocycles. The molecule has 164 valence electrons. The summed E-state index contributed by atoms with van der Waals surface area (Å²) in [6.45, 7) is 4.21. The van der Waals surface area contributed by atoms with Gasteiger partial charge < -0.3 is 10.3 Å². The number of amides is 1. The summed E-state index contributed by atoms with van der Waals surface area (Å²) in [5.74, 6) is -0.358. The van der Waals surface area contributed by atoms with E-state index in [0.29, 0.717) is 16.3 Å². The summed E-state index contributed by atoms with van der Waals surface area (Å²) in [6, 6.07) is 14.9. The predicted molar refractivity (Wildman–Crippen MR) is 129 cm³/mol. The molecule has 8 heteroatoms. The molecule has 0 fully saturated rings. The van der Waals surface area contributed by atoms with Gasteiger partial charge in [-0.15, -0.1) is 0 Å². The van der Waals surface area contributed by atoms with E-state index >= 15 is 0 Å². The van der Waals surface area contributed by atoms with Crippen molar-refractivity contribution in [3.05, 3.63) is 89.7 Å². The lowest BCUT2D eigenvalue weighted by Crippen LogP contribution is -2.11. The third kappa shape index (κ3) is 3.66. The first kappa shape index (κ1) is 20.9. The number of halogens is 1. The standard InChI is InChI=1S/C25H21ClN6O/c1-15(2)24-23-21(31-13-19(29-14-31)17-5-4-10-28-12-17)6-3-7-22(23)32(30-24)20-9-8-16(25(27)33)11-18(20)26/h3-15H,1-2H3,(H2,27,33). The van der Waals surface area contributed by atoms with Gasteiger partial charge in [0.2, 0.25) is 5.91 Å². The first-order valence-corrected chi connectivity index (χ1v) is 10.9. The zero-order chi connectivity index (χ0) is 23.1. The summed E-state index contributed by atoms with van der Waals surface area (Å²) >= 11 is 6.54. The Kier molecular flexibility index (Phi) is 5.18. The van der Waals surface area contributed by atoms with Gasteiger partial charge in [0.15, 0.2) is 0 Å². The van der Waals surface area contributed by atoms with Crippen LogP contribution >= 0.6 is 11.6 Å². The smallest absolute Gasteiger partial charge is 0.248 e. The summed E-state index contributed by atoms with van der Waals surface area (Å²) < 4.78 is 3.82. The molecule has 33 heavy (non-hydrogen) atoms. The second kappa shape index (κ2) is 8.18. The molecule has 0 unspecified atom stereocenters. The number of rotatable bonds is 5. The van der Waals surface area contributed by atoms with Gasteiger partial charge in [-0.2, -0.15) is 5.10 Å². The number of nitrogens with two attached hydrogens (primary N) is 1. The first-order chi connectivity index (χ1) is 15.9. The van der Waals surface area contributed by atoms with E-state index in [1.807, 2.05) is 45.8 Å². The number of benzene rings is 2. The molecule has 0 aliphatic carbocycles. The minimum absolute atomic E-state index is 0.167. The average molecular weight is 457 g/mol. The zero-order valence-corrected chi connectivity index (χ0v) is 18.9. The molecule has 0 saturated heterocycles. The van der Waals surface area contributed by atoms with Gasteiger partial charge in [-0.3, -0.25) is 9.78 Å². The number of hydrogen-bond donors (Lipinski definition) is 1. The third-order valence-corrected chi connectivity index (χ3v) is 5.84. The highest BCUT2D eigenvalue weighted by Gasteiger charge is 2.20. The molecule has 0 radical (unpaired) electrons. The Morgan fingerprint density at radius 2 is 1.94 bits per heavy atom. The van der Waals surface area contributed by atoms with Gasteiger partial charge in [-0.1, -0.05) is 31.5 Å². The number of imidazole rings is 1. The Hall–Kier alpha value is -3.97. The molecule has 0 aliphatic heterocycles. The van der Waals surface area contributed by atoms with Crippen molar-refractivity contribution in [3.8, 4) is 22.6 Å². The van der Waals surface area contributed by atoms with Gasteiger partial charge >= 0.3 is 0 Å². The SMILES string of the molecule is CC(C)c1nn(-c2ccc(C(N)=O)cc2Cl)c2cccc(-n3cnc(-c4cccnc4)c3)c12. The Morgan fingerprint density at radius 1 is 1.09 bits per heavy atom. The van der Waals surface area contributed by atoms with Crippen LogP contribution in [0, 0.1) is 0 Å². The second-order valence-electron chi connectivity index (χ2n) is 8.06. The fourth-order valence-electron chi connectivity index (χ4n) is 3.93. The number of carbonyl (C=O) groups excluding carboxylic acids is 1. The molecular formula is C25H21ClN6O. The van der Waals surface area contributed by atoms with Crippen LogP contribution in [0.25, 0.3) is 33.5 Å². The quantitative estimate of drug-likeness (QED) is 0.396. The molecule has 5 rings (SSSR count). The van der Waals surface area contributed by atoms with Gasteiger partial charge in [-0.25, -0.2) is 9.67 Å². The van der Waals surface area contributed by atoms with Crippen molar-refractivity contribution in [2.75, 3.05) is 0 Å². The number of pyridine rings is 1. The van der Waals surface area contributed by atoms with Crippen LogP contribution in [-0.4, -0.2) is 30.2 Å². The summed E-state index contributed by atoms with van der Waals surface area (Å²) in [5.41, 5.74) is 11.0. The van der Waals surface area contributed by atoms with E-state index in [4.69, 9.17) is 22.4 Å². The number of primary amides is 1. The van der Waals surface area contributed by atoms with Gasteiger partial charge in [0, 0.05) is 35.1 Å². The van der Waals surface area contributed by atoms with Crippen LogP contribution in [-0.2, 0) is 0 Å². The predicted octanol–water partition coefficient (Wildman–Crippen LogP) is 5.15. The lowest BCUT2D eigenvalue weighted by Gasteiger charge is -2.09. The van der Waals surface area contributed by atoms with E-state index in [1.165, 1.54) is 0 Å². The van der Waals surface area contributed by atoms with Crippen LogP contribution < -0.4 is 5.73 Å². The molecule has 2 N–H and O–H groups in total. The lowest BCUT2D eigenvalue weighted by molar-refractivity contribution is 0.100. The fourth-order valence-corrected chi connectivity index (χ4v) is 4.19. The van der Waals surface area contributed by atoms with Gasteiger partial charge in [0.05, 0.1) is 39.6 Å². The third-order valence-electron chi connectivity index (χ3n) is 5.54. The van der Waals surface area contributed by atoms with E-state index in [-0.39, 0.29) is 5.92 Å². The van der Waals surface area contributed by atoms with Crippen LogP contribution in [0.15, 0.2) is 73.4 Å². The normalized spacial score (nSPS) is 11.4. The summed E-state index contributed by atoms with van der Waals surface area (Å²) in [6.07, 6.45) is 7.32. The van der Waals surface area contributed by atoms with Crippen molar-refractivity contribution in [3.63, 3.8) is 0 Å². The van der Waals surface area contributed by atoms with Crippen molar-refractivity contribution < 1.29 is 4.79 Å². The molecular weight excluding hydrogens is 436 g/mol. The maximum atomic E-state index is 11.5. The Labute approximate surface area is 195 Å². The molecule has 7 nitrogen and oxygen atoms in total. The molecule has 0 aliphatic rings. The molecule has 5 aromatic rings.